The maximum Gasteiger partial charge on any atom is 0.0952 e. The summed E-state index contributed by atoms with van der Waals surface area (Å²) < 4.78 is 10.5. The van der Waals surface area contributed by atoms with Crippen LogP contribution in [0.4, 0.5) is 0 Å². The molecule has 0 rings (SSSR count). The van der Waals surface area contributed by atoms with Crippen LogP contribution >= 0.6 is 0 Å². The Balaban J connectivity index is 3.13. The van der Waals surface area contributed by atoms with Crippen molar-refractivity contribution >= 4 is 5.84 Å². The summed E-state index contributed by atoms with van der Waals surface area (Å²) in [6.45, 7) is 5.41. The summed E-state index contributed by atoms with van der Waals surface area (Å²) in [6.07, 6.45) is 4.63. The maximum absolute atomic E-state index is 8.50. The first-order chi connectivity index (χ1) is 9.18. The van der Waals surface area contributed by atoms with Gasteiger partial charge in [0.05, 0.1) is 32.3 Å². The number of amidine groups is 1. The molecule has 5 nitrogen and oxygen atoms in total. The standard InChI is InChI=1S/C14H30N2O3/c1-14(16(2)3)15-8-6-4-5-7-10-18-12-13-19-11-9-17/h17H,4-13H2,1-3H3. The van der Waals surface area contributed by atoms with Gasteiger partial charge in [-0.25, -0.2) is 0 Å². The van der Waals surface area contributed by atoms with Crippen LogP contribution in [0.2, 0.25) is 0 Å². The van der Waals surface area contributed by atoms with Crippen LogP contribution in [0.25, 0.3) is 0 Å². The Morgan fingerprint density at radius 3 is 2.21 bits per heavy atom. The van der Waals surface area contributed by atoms with Crippen LogP contribution in [0.5, 0.6) is 0 Å². The van der Waals surface area contributed by atoms with E-state index in [4.69, 9.17) is 14.6 Å². The molecule has 5 heteroatoms. The number of nitrogens with zero attached hydrogens (tertiary/aromatic N) is 2. The summed E-state index contributed by atoms with van der Waals surface area (Å²) in [6, 6.07) is 0. The lowest BCUT2D eigenvalue weighted by Crippen LogP contribution is -2.18. The lowest BCUT2D eigenvalue weighted by atomic mass is 10.2. The van der Waals surface area contributed by atoms with Gasteiger partial charge in [-0.1, -0.05) is 12.8 Å². The summed E-state index contributed by atoms with van der Waals surface area (Å²) in [5, 5.41) is 8.50. The van der Waals surface area contributed by atoms with Gasteiger partial charge in [-0.3, -0.25) is 4.99 Å². The average molecular weight is 274 g/mol. The van der Waals surface area contributed by atoms with Crippen LogP contribution in [-0.2, 0) is 9.47 Å². The molecule has 0 aliphatic rings. The second kappa shape index (κ2) is 13.8. The molecule has 0 heterocycles. The molecule has 0 fully saturated rings. The largest absolute Gasteiger partial charge is 0.394 e. The van der Waals surface area contributed by atoms with Crippen LogP contribution in [-0.4, -0.2) is 69.5 Å². The van der Waals surface area contributed by atoms with E-state index in [1.54, 1.807) is 0 Å². The molecular weight excluding hydrogens is 244 g/mol. The van der Waals surface area contributed by atoms with E-state index < -0.39 is 0 Å². The van der Waals surface area contributed by atoms with Crippen molar-refractivity contribution in [3.8, 4) is 0 Å². The van der Waals surface area contributed by atoms with E-state index in [0.29, 0.717) is 19.8 Å². The minimum absolute atomic E-state index is 0.0791. The van der Waals surface area contributed by atoms with Gasteiger partial charge in [0.15, 0.2) is 0 Å². The first-order valence-electron chi connectivity index (χ1n) is 7.13. The van der Waals surface area contributed by atoms with Crippen LogP contribution in [0.15, 0.2) is 4.99 Å². The Hall–Kier alpha value is -0.650. The molecule has 0 saturated carbocycles. The highest BCUT2D eigenvalue weighted by Crippen LogP contribution is 2.01. The van der Waals surface area contributed by atoms with Crippen LogP contribution in [0.3, 0.4) is 0 Å². The Morgan fingerprint density at radius 2 is 1.58 bits per heavy atom. The highest BCUT2D eigenvalue weighted by molar-refractivity contribution is 5.79. The Bertz CT molecular complexity index is 221. The van der Waals surface area contributed by atoms with E-state index in [-0.39, 0.29) is 6.61 Å². The lowest BCUT2D eigenvalue weighted by Gasteiger charge is -2.10. The number of aliphatic hydroxyl groups is 1. The molecule has 0 aliphatic carbocycles. The van der Waals surface area contributed by atoms with Crippen molar-refractivity contribution in [1.82, 2.24) is 4.90 Å². The zero-order valence-electron chi connectivity index (χ0n) is 12.7. The first kappa shape index (κ1) is 18.4. The maximum atomic E-state index is 8.50. The number of hydrogen-bond acceptors (Lipinski definition) is 4. The van der Waals surface area contributed by atoms with Crippen molar-refractivity contribution in [1.29, 1.82) is 0 Å². The fraction of sp³-hybridized carbons (Fsp3) is 0.929. The Morgan fingerprint density at radius 1 is 0.947 bits per heavy atom. The third kappa shape index (κ3) is 13.6. The SMILES string of the molecule is CC(=NCCCCCCOCCOCCO)N(C)C. The first-order valence-corrected chi connectivity index (χ1v) is 7.13. The monoisotopic (exact) mass is 274 g/mol. The summed E-state index contributed by atoms with van der Waals surface area (Å²) in [4.78, 5) is 6.51. The molecule has 1 N–H and O–H groups in total. The summed E-state index contributed by atoms with van der Waals surface area (Å²) in [5.74, 6) is 1.09. The fourth-order valence-electron chi connectivity index (χ4n) is 1.44. The number of hydrogen-bond donors (Lipinski definition) is 1. The highest BCUT2D eigenvalue weighted by atomic mass is 16.5. The molecule has 0 saturated heterocycles. The molecule has 0 aromatic carbocycles. The molecule has 0 amide bonds. The van der Waals surface area contributed by atoms with Crippen molar-refractivity contribution < 1.29 is 14.6 Å². The van der Waals surface area contributed by atoms with E-state index in [0.717, 1.165) is 31.8 Å². The van der Waals surface area contributed by atoms with Gasteiger partial charge in [0, 0.05) is 27.2 Å². The van der Waals surface area contributed by atoms with Gasteiger partial charge >= 0.3 is 0 Å². The highest BCUT2D eigenvalue weighted by Gasteiger charge is 1.94. The van der Waals surface area contributed by atoms with Gasteiger partial charge in [-0.2, -0.15) is 0 Å². The van der Waals surface area contributed by atoms with Gasteiger partial charge in [0.1, 0.15) is 0 Å². The topological polar surface area (TPSA) is 54.3 Å². The zero-order valence-corrected chi connectivity index (χ0v) is 12.7. The van der Waals surface area contributed by atoms with Crippen molar-refractivity contribution in [2.75, 3.05) is 53.7 Å². The van der Waals surface area contributed by atoms with Gasteiger partial charge < -0.3 is 19.5 Å². The van der Waals surface area contributed by atoms with Gasteiger partial charge in [0.2, 0.25) is 0 Å². The van der Waals surface area contributed by atoms with Crippen molar-refractivity contribution in [2.24, 2.45) is 4.99 Å². The van der Waals surface area contributed by atoms with E-state index >= 15 is 0 Å². The summed E-state index contributed by atoms with van der Waals surface area (Å²) in [5.41, 5.74) is 0. The zero-order chi connectivity index (χ0) is 14.3. The van der Waals surface area contributed by atoms with Gasteiger partial charge in [-0.05, 0) is 19.8 Å². The minimum Gasteiger partial charge on any atom is -0.394 e. The average Bonchev–Trinajstić information content (AvgIpc) is 2.39. The normalized spacial score (nSPS) is 11.9. The number of unbranched alkanes of at least 4 members (excludes halogenated alkanes) is 3. The molecule has 0 bridgehead atoms. The van der Waals surface area contributed by atoms with E-state index in [9.17, 15) is 0 Å². The second-order valence-corrected chi connectivity index (χ2v) is 4.69. The predicted molar refractivity (Wildman–Crippen MR) is 78.9 cm³/mol. The van der Waals surface area contributed by atoms with Crippen molar-refractivity contribution in [3.63, 3.8) is 0 Å². The van der Waals surface area contributed by atoms with Gasteiger partial charge in [0.25, 0.3) is 0 Å². The third-order valence-corrected chi connectivity index (χ3v) is 2.79. The smallest absolute Gasteiger partial charge is 0.0952 e. The van der Waals surface area contributed by atoms with E-state index in [2.05, 4.69) is 4.99 Å². The van der Waals surface area contributed by atoms with Crippen LogP contribution < -0.4 is 0 Å². The molecule has 114 valence electrons. The van der Waals surface area contributed by atoms with Crippen molar-refractivity contribution in [3.05, 3.63) is 0 Å². The van der Waals surface area contributed by atoms with Crippen LogP contribution in [0.1, 0.15) is 32.6 Å². The quantitative estimate of drug-likeness (QED) is 0.333. The molecule has 0 aromatic heterocycles. The predicted octanol–water partition coefficient (Wildman–Crippen LogP) is 1.55. The van der Waals surface area contributed by atoms with Crippen molar-refractivity contribution in [2.45, 2.75) is 32.6 Å². The molecule has 19 heavy (non-hydrogen) atoms. The fourth-order valence-corrected chi connectivity index (χ4v) is 1.44. The second-order valence-electron chi connectivity index (χ2n) is 4.69. The lowest BCUT2D eigenvalue weighted by molar-refractivity contribution is 0.0321. The summed E-state index contributed by atoms with van der Waals surface area (Å²) >= 11 is 0. The molecule has 0 radical (unpaired) electrons. The molecule has 0 spiro atoms. The molecule has 0 aliphatic heterocycles. The number of ether oxygens (including phenoxy) is 2. The number of rotatable bonds is 12. The number of aliphatic imine (C=N–C) groups is 1. The molecule has 0 atom stereocenters. The minimum atomic E-state index is 0.0791. The Kier molecular flexibility index (Phi) is 13.3. The van der Waals surface area contributed by atoms with E-state index in [1.165, 1.54) is 12.8 Å². The molecule has 0 aromatic rings. The van der Waals surface area contributed by atoms with Crippen LogP contribution in [0, 0.1) is 0 Å². The third-order valence-electron chi connectivity index (χ3n) is 2.79. The Labute approximate surface area is 117 Å². The van der Waals surface area contributed by atoms with Gasteiger partial charge in [-0.15, -0.1) is 0 Å². The molecular formula is C14H30N2O3. The molecule has 0 unspecified atom stereocenters. The van der Waals surface area contributed by atoms with E-state index in [1.807, 2.05) is 25.9 Å². The summed E-state index contributed by atoms with van der Waals surface area (Å²) in [7, 11) is 4.03. The number of aliphatic hydroxyl groups excluding tert-OH is 1.